The summed E-state index contributed by atoms with van der Waals surface area (Å²) >= 11 is 0. The lowest BCUT2D eigenvalue weighted by Gasteiger charge is -2.25. The molecule has 3 heteroatoms. The zero-order valence-corrected chi connectivity index (χ0v) is 12.0. The van der Waals surface area contributed by atoms with E-state index in [1.54, 1.807) is 6.07 Å². The molecule has 110 valence electrons. The minimum absolute atomic E-state index is 0.315. The Morgan fingerprint density at radius 1 is 1.19 bits per heavy atom. The van der Waals surface area contributed by atoms with Crippen LogP contribution < -0.4 is 10.5 Å². The molecule has 21 heavy (non-hydrogen) atoms. The number of benzene rings is 2. The van der Waals surface area contributed by atoms with Gasteiger partial charge in [0.2, 0.25) is 0 Å². The van der Waals surface area contributed by atoms with Gasteiger partial charge in [-0.15, -0.1) is 0 Å². The van der Waals surface area contributed by atoms with Crippen LogP contribution in [0.1, 0.15) is 35.4 Å². The third-order valence-corrected chi connectivity index (χ3v) is 4.17. The number of ether oxygens (including phenoxy) is 1. The largest absolute Gasteiger partial charge is 0.490 e. The Morgan fingerprint density at radius 2 is 2.05 bits per heavy atom. The van der Waals surface area contributed by atoms with E-state index >= 15 is 0 Å². The molecule has 0 heterocycles. The summed E-state index contributed by atoms with van der Waals surface area (Å²) in [6.45, 7) is 0.864. The van der Waals surface area contributed by atoms with Crippen molar-refractivity contribution in [3.63, 3.8) is 0 Å². The van der Waals surface area contributed by atoms with E-state index < -0.39 is 0 Å². The Labute approximate surface area is 124 Å². The molecule has 0 saturated carbocycles. The first kappa shape index (κ1) is 14.1. The van der Waals surface area contributed by atoms with Gasteiger partial charge in [0.05, 0.1) is 6.61 Å². The van der Waals surface area contributed by atoms with Crippen LogP contribution in [-0.2, 0) is 13.0 Å². The van der Waals surface area contributed by atoms with Crippen LogP contribution in [-0.4, -0.2) is 6.61 Å². The maximum Gasteiger partial charge on any atom is 0.165 e. The van der Waals surface area contributed by atoms with E-state index in [1.165, 1.54) is 23.6 Å². The maximum absolute atomic E-state index is 13.9. The zero-order valence-electron chi connectivity index (χ0n) is 12.0. The molecular weight excluding hydrogens is 265 g/mol. The predicted molar refractivity (Wildman–Crippen MR) is 81.9 cm³/mol. The van der Waals surface area contributed by atoms with Crippen LogP contribution in [0.2, 0.25) is 0 Å². The predicted octanol–water partition coefficient (Wildman–Crippen LogP) is 3.78. The summed E-state index contributed by atoms with van der Waals surface area (Å²) in [5.74, 6) is 0.334. The zero-order chi connectivity index (χ0) is 14.7. The molecule has 1 unspecified atom stereocenters. The average Bonchev–Trinajstić information content (AvgIpc) is 2.53. The lowest BCUT2D eigenvalue weighted by Crippen LogP contribution is -2.17. The third-order valence-electron chi connectivity index (χ3n) is 4.17. The van der Waals surface area contributed by atoms with Crippen LogP contribution >= 0.6 is 0 Å². The van der Waals surface area contributed by atoms with Crippen LogP contribution in [0.5, 0.6) is 5.75 Å². The van der Waals surface area contributed by atoms with Gasteiger partial charge in [0.25, 0.3) is 0 Å². The molecular formula is C18H20FNO. The Morgan fingerprint density at radius 3 is 2.86 bits per heavy atom. The van der Waals surface area contributed by atoms with Gasteiger partial charge >= 0.3 is 0 Å². The van der Waals surface area contributed by atoms with Crippen molar-refractivity contribution in [2.75, 3.05) is 6.61 Å². The van der Waals surface area contributed by atoms with Crippen LogP contribution in [0.25, 0.3) is 0 Å². The van der Waals surface area contributed by atoms with E-state index in [2.05, 4.69) is 24.3 Å². The van der Waals surface area contributed by atoms with E-state index in [0.29, 0.717) is 24.8 Å². The van der Waals surface area contributed by atoms with Gasteiger partial charge in [-0.25, -0.2) is 4.39 Å². The summed E-state index contributed by atoms with van der Waals surface area (Å²) in [4.78, 5) is 0. The Kier molecular flexibility index (Phi) is 4.20. The van der Waals surface area contributed by atoms with Crippen molar-refractivity contribution in [3.8, 4) is 5.75 Å². The van der Waals surface area contributed by atoms with Gasteiger partial charge in [-0.2, -0.15) is 0 Å². The fraction of sp³-hybridized carbons (Fsp3) is 0.333. The summed E-state index contributed by atoms with van der Waals surface area (Å²) in [6.07, 6.45) is 3.39. The van der Waals surface area contributed by atoms with E-state index in [-0.39, 0.29) is 5.82 Å². The van der Waals surface area contributed by atoms with Gasteiger partial charge < -0.3 is 10.5 Å². The summed E-state index contributed by atoms with van der Waals surface area (Å²) in [6, 6.07) is 13.4. The highest BCUT2D eigenvalue weighted by molar-refractivity contribution is 5.33. The molecule has 0 fully saturated rings. The molecule has 1 aliphatic carbocycles. The van der Waals surface area contributed by atoms with E-state index in [0.717, 1.165) is 18.4 Å². The summed E-state index contributed by atoms with van der Waals surface area (Å²) in [5.41, 5.74) is 9.03. The molecule has 2 aromatic rings. The van der Waals surface area contributed by atoms with Gasteiger partial charge in [-0.1, -0.05) is 30.3 Å². The van der Waals surface area contributed by atoms with E-state index in [1.807, 2.05) is 6.07 Å². The lowest BCUT2D eigenvalue weighted by molar-refractivity contribution is 0.263. The molecule has 0 bridgehead atoms. The van der Waals surface area contributed by atoms with Gasteiger partial charge in [0.1, 0.15) is 0 Å². The molecule has 3 rings (SSSR count). The fourth-order valence-corrected chi connectivity index (χ4v) is 3.01. The molecule has 0 aromatic heterocycles. The van der Waals surface area contributed by atoms with Crippen molar-refractivity contribution in [1.82, 2.24) is 0 Å². The molecule has 1 atom stereocenters. The van der Waals surface area contributed by atoms with Crippen LogP contribution in [0.4, 0.5) is 4.39 Å². The second-order valence-electron chi connectivity index (χ2n) is 5.57. The normalized spacial score (nSPS) is 17.3. The summed E-state index contributed by atoms with van der Waals surface area (Å²) in [5, 5.41) is 0. The maximum atomic E-state index is 13.9. The minimum Gasteiger partial charge on any atom is -0.490 e. The van der Waals surface area contributed by atoms with Crippen LogP contribution in [0.3, 0.4) is 0 Å². The first-order chi connectivity index (χ1) is 10.3. The first-order valence-corrected chi connectivity index (χ1v) is 7.47. The van der Waals surface area contributed by atoms with Crippen LogP contribution in [0, 0.1) is 5.82 Å². The number of halogens is 1. The van der Waals surface area contributed by atoms with Gasteiger partial charge in [-0.05, 0) is 48.1 Å². The van der Waals surface area contributed by atoms with Crippen molar-refractivity contribution in [3.05, 3.63) is 65.0 Å². The SMILES string of the molecule is NCc1ccc(OCC2CCCc3ccccc32)c(F)c1. The number of rotatable bonds is 4. The molecule has 2 aromatic carbocycles. The van der Waals surface area contributed by atoms with Gasteiger partial charge in [-0.3, -0.25) is 0 Å². The van der Waals surface area contributed by atoms with E-state index in [9.17, 15) is 4.39 Å². The van der Waals surface area contributed by atoms with E-state index in [4.69, 9.17) is 10.5 Å². The monoisotopic (exact) mass is 285 g/mol. The van der Waals surface area contributed by atoms with Crippen molar-refractivity contribution < 1.29 is 9.13 Å². The molecule has 2 N–H and O–H groups in total. The minimum atomic E-state index is -0.331. The van der Waals surface area contributed by atoms with Crippen molar-refractivity contribution in [1.29, 1.82) is 0 Å². The van der Waals surface area contributed by atoms with Crippen molar-refractivity contribution >= 4 is 0 Å². The number of hydrogen-bond acceptors (Lipinski definition) is 2. The molecule has 0 aliphatic heterocycles. The fourth-order valence-electron chi connectivity index (χ4n) is 3.01. The lowest BCUT2D eigenvalue weighted by atomic mass is 9.83. The number of aryl methyl sites for hydroxylation is 1. The number of nitrogens with two attached hydrogens (primary N) is 1. The topological polar surface area (TPSA) is 35.2 Å². The second kappa shape index (κ2) is 6.27. The number of hydrogen-bond donors (Lipinski definition) is 1. The summed E-state index contributed by atoms with van der Waals surface area (Å²) < 4.78 is 19.6. The molecule has 0 saturated heterocycles. The van der Waals surface area contributed by atoms with Gasteiger partial charge in [0.15, 0.2) is 11.6 Å². The molecule has 0 spiro atoms. The standard InChI is InChI=1S/C18H20FNO/c19-17-10-13(11-20)8-9-18(17)21-12-15-6-3-5-14-4-1-2-7-16(14)15/h1-2,4,7-10,15H,3,5-6,11-12,20H2. The van der Waals surface area contributed by atoms with Crippen molar-refractivity contribution in [2.45, 2.75) is 31.7 Å². The highest BCUT2D eigenvalue weighted by atomic mass is 19.1. The molecule has 1 aliphatic rings. The van der Waals surface area contributed by atoms with Gasteiger partial charge in [0, 0.05) is 12.5 Å². The smallest absolute Gasteiger partial charge is 0.165 e. The molecule has 2 nitrogen and oxygen atoms in total. The van der Waals surface area contributed by atoms with Crippen LogP contribution in [0.15, 0.2) is 42.5 Å². The Hall–Kier alpha value is -1.87. The average molecular weight is 285 g/mol. The highest BCUT2D eigenvalue weighted by Gasteiger charge is 2.20. The second-order valence-corrected chi connectivity index (χ2v) is 5.57. The molecule has 0 amide bonds. The highest BCUT2D eigenvalue weighted by Crippen LogP contribution is 2.32. The summed E-state index contributed by atoms with van der Waals surface area (Å²) in [7, 11) is 0. The Bertz CT molecular complexity index is 626. The Balaban J connectivity index is 1.71. The third kappa shape index (κ3) is 3.08. The van der Waals surface area contributed by atoms with Crippen molar-refractivity contribution in [2.24, 2.45) is 5.73 Å². The number of fused-ring (bicyclic) bond motifs is 1. The molecule has 0 radical (unpaired) electrons. The quantitative estimate of drug-likeness (QED) is 0.927. The first-order valence-electron chi connectivity index (χ1n) is 7.47.